The van der Waals surface area contributed by atoms with Gasteiger partial charge in [0.1, 0.15) is 12.0 Å². The molecule has 0 aliphatic rings. The molecule has 3 N–H and O–H groups in total. The Hall–Kier alpha value is -1.89. The highest BCUT2D eigenvalue weighted by molar-refractivity contribution is 5.78. The van der Waals surface area contributed by atoms with E-state index in [1.807, 2.05) is 18.7 Å². The Morgan fingerprint density at radius 3 is 2.68 bits per heavy atom. The third-order valence-corrected chi connectivity index (χ3v) is 2.57. The molecule has 0 radical (unpaired) electrons. The molecule has 0 aliphatic heterocycles. The quantitative estimate of drug-likeness (QED) is 0.324. The summed E-state index contributed by atoms with van der Waals surface area (Å²) < 4.78 is 5.25. The highest BCUT2D eigenvalue weighted by Crippen LogP contribution is 2.16. The largest absolute Gasteiger partial charge is 0.431 e. The van der Waals surface area contributed by atoms with Crippen molar-refractivity contribution in [3.8, 4) is 0 Å². The van der Waals surface area contributed by atoms with Crippen LogP contribution in [0.5, 0.6) is 0 Å². The second-order valence-corrected chi connectivity index (χ2v) is 4.88. The number of nitrogens with one attached hydrogen (secondary N) is 1. The number of rotatable bonds is 7. The Morgan fingerprint density at radius 2 is 2.21 bits per heavy atom. The number of nitrogens with zero attached hydrogens (tertiary/aromatic N) is 2. The van der Waals surface area contributed by atoms with Crippen molar-refractivity contribution < 1.29 is 14.0 Å². The molecule has 0 aromatic carbocycles. The number of aromatic nitrogens is 1. The zero-order valence-corrected chi connectivity index (χ0v) is 11.4. The lowest BCUT2D eigenvalue weighted by Crippen LogP contribution is -2.41. The molecule has 106 valence electrons. The van der Waals surface area contributed by atoms with E-state index in [0.717, 1.165) is 0 Å². The normalized spacial score (nSPS) is 12.3. The first-order valence-corrected chi connectivity index (χ1v) is 6.14. The first-order valence-electron chi connectivity index (χ1n) is 6.14. The molecule has 0 spiro atoms. The van der Waals surface area contributed by atoms with E-state index in [0.29, 0.717) is 31.3 Å². The molecule has 1 unspecified atom stereocenters. The molecule has 0 fully saturated rings. The summed E-state index contributed by atoms with van der Waals surface area (Å²) in [5.74, 6) is 4.91. The van der Waals surface area contributed by atoms with E-state index in [4.69, 9.17) is 10.3 Å². The van der Waals surface area contributed by atoms with E-state index in [1.54, 1.807) is 6.92 Å². The van der Waals surface area contributed by atoms with Crippen LogP contribution in [0, 0.1) is 11.8 Å². The molecule has 7 heteroatoms. The van der Waals surface area contributed by atoms with Crippen molar-refractivity contribution in [3.63, 3.8) is 0 Å². The zero-order chi connectivity index (χ0) is 14.4. The van der Waals surface area contributed by atoms with Gasteiger partial charge in [-0.15, -0.1) is 0 Å². The summed E-state index contributed by atoms with van der Waals surface area (Å²) in [5, 5.41) is 0. The van der Waals surface area contributed by atoms with Crippen LogP contribution in [0.15, 0.2) is 10.7 Å². The second kappa shape index (κ2) is 6.89. The van der Waals surface area contributed by atoms with Crippen LogP contribution in [-0.4, -0.2) is 30.3 Å². The van der Waals surface area contributed by atoms with Crippen LogP contribution < -0.4 is 16.2 Å². The molecule has 1 aromatic heterocycles. The third-order valence-electron chi connectivity index (χ3n) is 2.57. The first-order chi connectivity index (χ1) is 8.97. The molecule has 1 amide bonds. The number of carbonyl (C=O) groups excluding carboxylic acids is 2. The van der Waals surface area contributed by atoms with Gasteiger partial charge < -0.3 is 9.32 Å². The second-order valence-electron chi connectivity index (χ2n) is 4.88. The number of hydrazine groups is 1. The van der Waals surface area contributed by atoms with E-state index in [2.05, 4.69) is 10.4 Å². The summed E-state index contributed by atoms with van der Waals surface area (Å²) in [5.41, 5.74) is 2.35. The summed E-state index contributed by atoms with van der Waals surface area (Å²) in [6.45, 7) is 6.94. The fourth-order valence-corrected chi connectivity index (χ4v) is 1.70. The fourth-order valence-electron chi connectivity index (χ4n) is 1.70. The Morgan fingerprint density at radius 1 is 1.53 bits per heavy atom. The van der Waals surface area contributed by atoms with Gasteiger partial charge in [-0.2, -0.15) is 4.98 Å². The van der Waals surface area contributed by atoms with Crippen LogP contribution in [0.4, 0.5) is 6.01 Å². The summed E-state index contributed by atoms with van der Waals surface area (Å²) in [7, 11) is 0. The topological polar surface area (TPSA) is 101 Å². The van der Waals surface area contributed by atoms with Gasteiger partial charge in [-0.05, 0) is 5.92 Å². The average molecular weight is 268 g/mol. The lowest BCUT2D eigenvalue weighted by molar-refractivity contribution is -0.124. The van der Waals surface area contributed by atoms with Crippen LogP contribution in [0.3, 0.4) is 0 Å². The van der Waals surface area contributed by atoms with E-state index >= 15 is 0 Å². The van der Waals surface area contributed by atoms with Gasteiger partial charge in [0.05, 0.1) is 5.92 Å². The summed E-state index contributed by atoms with van der Waals surface area (Å²) in [6, 6.07) is 0.340. The minimum absolute atomic E-state index is 0.236. The van der Waals surface area contributed by atoms with Crippen molar-refractivity contribution in [1.29, 1.82) is 0 Å². The number of aldehydes is 1. The highest BCUT2D eigenvalue weighted by Gasteiger charge is 2.20. The van der Waals surface area contributed by atoms with Crippen LogP contribution in [0.2, 0.25) is 0 Å². The molecule has 0 bridgehead atoms. The average Bonchev–Trinajstić information content (AvgIpc) is 2.85. The minimum atomic E-state index is -0.310. The Balaban J connectivity index is 2.82. The van der Waals surface area contributed by atoms with Crippen molar-refractivity contribution in [3.05, 3.63) is 12.0 Å². The number of hydrogen-bond donors (Lipinski definition) is 2. The van der Waals surface area contributed by atoms with Crippen molar-refractivity contribution in [1.82, 2.24) is 10.4 Å². The molecule has 0 saturated heterocycles. The number of hydrogen-bond acceptors (Lipinski definition) is 6. The van der Waals surface area contributed by atoms with Crippen molar-refractivity contribution >= 4 is 18.2 Å². The maximum Gasteiger partial charge on any atom is 0.297 e. The number of nitrogens with two attached hydrogens (primary N) is 1. The van der Waals surface area contributed by atoms with Gasteiger partial charge >= 0.3 is 0 Å². The van der Waals surface area contributed by atoms with E-state index in [-0.39, 0.29) is 17.5 Å². The number of oxazole rings is 1. The molecule has 0 aliphatic carbocycles. The Kier molecular flexibility index (Phi) is 5.50. The minimum Gasteiger partial charge on any atom is -0.431 e. The molecular formula is C12H20N4O3. The number of amides is 1. The molecular weight excluding hydrogens is 248 g/mol. The predicted molar refractivity (Wildman–Crippen MR) is 70.4 cm³/mol. The fraction of sp³-hybridized carbons (Fsp3) is 0.583. The third kappa shape index (κ3) is 4.36. The van der Waals surface area contributed by atoms with Crippen LogP contribution >= 0.6 is 0 Å². The number of carbonyl (C=O) groups is 2. The van der Waals surface area contributed by atoms with Gasteiger partial charge in [0.25, 0.3) is 6.01 Å². The molecule has 19 heavy (non-hydrogen) atoms. The molecule has 1 aromatic rings. The van der Waals surface area contributed by atoms with E-state index in [9.17, 15) is 9.59 Å². The van der Waals surface area contributed by atoms with Crippen molar-refractivity contribution in [2.45, 2.75) is 20.8 Å². The smallest absolute Gasteiger partial charge is 0.297 e. The highest BCUT2D eigenvalue weighted by atomic mass is 16.4. The lowest BCUT2D eigenvalue weighted by Gasteiger charge is -2.25. The first kappa shape index (κ1) is 15.2. The zero-order valence-electron chi connectivity index (χ0n) is 11.4. The standard InChI is InChI=1S/C12H20N4O3/c1-8(2)4-16(5-9(3)11(18)15-13)12-14-10(6-17)7-19-12/h6-9H,4-5,13H2,1-3H3,(H,15,18). The van der Waals surface area contributed by atoms with Crippen LogP contribution in [-0.2, 0) is 4.79 Å². The molecule has 1 atom stereocenters. The summed E-state index contributed by atoms with van der Waals surface area (Å²) >= 11 is 0. The Labute approximate surface area is 112 Å². The SMILES string of the molecule is CC(C)CN(CC(C)C(=O)NN)c1nc(C=O)co1. The molecule has 1 rings (SSSR count). The van der Waals surface area contributed by atoms with Gasteiger partial charge in [-0.1, -0.05) is 20.8 Å². The lowest BCUT2D eigenvalue weighted by atomic mass is 10.1. The molecule has 1 heterocycles. The van der Waals surface area contributed by atoms with Gasteiger partial charge in [-0.25, -0.2) is 5.84 Å². The van der Waals surface area contributed by atoms with Gasteiger partial charge in [0.15, 0.2) is 6.29 Å². The molecule has 7 nitrogen and oxygen atoms in total. The van der Waals surface area contributed by atoms with E-state index < -0.39 is 0 Å². The maximum atomic E-state index is 11.5. The maximum absolute atomic E-state index is 11.5. The van der Waals surface area contributed by atoms with Crippen molar-refractivity contribution in [2.24, 2.45) is 17.7 Å². The van der Waals surface area contributed by atoms with Gasteiger partial charge in [-0.3, -0.25) is 15.0 Å². The van der Waals surface area contributed by atoms with Crippen molar-refractivity contribution in [2.75, 3.05) is 18.0 Å². The monoisotopic (exact) mass is 268 g/mol. The van der Waals surface area contributed by atoms with Crippen LogP contribution in [0.25, 0.3) is 0 Å². The summed E-state index contributed by atoms with van der Waals surface area (Å²) in [6.07, 6.45) is 1.92. The van der Waals surface area contributed by atoms with Crippen LogP contribution in [0.1, 0.15) is 31.3 Å². The van der Waals surface area contributed by atoms with Gasteiger partial charge in [0.2, 0.25) is 5.91 Å². The Bertz CT molecular complexity index is 430. The summed E-state index contributed by atoms with van der Waals surface area (Å²) in [4.78, 5) is 28.0. The van der Waals surface area contributed by atoms with E-state index in [1.165, 1.54) is 6.26 Å². The molecule has 0 saturated carbocycles. The van der Waals surface area contributed by atoms with Gasteiger partial charge in [0, 0.05) is 13.1 Å². The predicted octanol–water partition coefficient (Wildman–Crippen LogP) is 0.576. The number of anilines is 1.